The zero-order valence-corrected chi connectivity index (χ0v) is 24.1. The number of nitrogen functional groups attached to an aromatic ring is 1. The van der Waals surface area contributed by atoms with E-state index in [0.717, 1.165) is 16.7 Å². The molecule has 5 rings (SSSR count). The molecule has 218 valence electrons. The van der Waals surface area contributed by atoms with Gasteiger partial charge in [-0.25, -0.2) is 9.18 Å². The van der Waals surface area contributed by atoms with Crippen molar-refractivity contribution in [3.63, 3.8) is 0 Å². The number of ether oxygens (including phenoxy) is 1. The van der Waals surface area contributed by atoms with E-state index in [0.29, 0.717) is 60.5 Å². The number of hydrogen-bond donors (Lipinski definition) is 2. The maximum Gasteiger partial charge on any atom is 0.348 e. The summed E-state index contributed by atoms with van der Waals surface area (Å²) in [5, 5.41) is 8.60. The molecule has 0 aliphatic rings. The number of hydrogen-bond acceptors (Lipinski definition) is 8. The van der Waals surface area contributed by atoms with Crippen LogP contribution in [0.25, 0.3) is 17.1 Å². The smallest absolute Gasteiger partial charge is 0.348 e. The van der Waals surface area contributed by atoms with Crippen molar-refractivity contribution in [2.45, 2.75) is 32.6 Å². The lowest BCUT2D eigenvalue weighted by Crippen LogP contribution is -2.20. The second-order valence-corrected chi connectivity index (χ2v) is 10.4. The van der Waals surface area contributed by atoms with Crippen LogP contribution < -0.4 is 16.2 Å². The third kappa shape index (κ3) is 6.26. The zero-order chi connectivity index (χ0) is 29.8. The molecule has 3 N–H and O–H groups in total. The zero-order valence-electron chi connectivity index (χ0n) is 24.1. The molecule has 2 aromatic heterocycles. The maximum absolute atomic E-state index is 16.2. The Balaban J connectivity index is 1.58. The van der Waals surface area contributed by atoms with E-state index in [1.165, 1.54) is 4.68 Å². The molecule has 0 fully saturated rings. The van der Waals surface area contributed by atoms with Crippen molar-refractivity contribution >= 4 is 5.69 Å². The number of nitrogens with one attached hydrogen (secondary N) is 1. The summed E-state index contributed by atoms with van der Waals surface area (Å²) in [5.41, 5.74) is 9.50. The molecule has 2 heterocycles. The molecule has 1 unspecified atom stereocenters. The lowest BCUT2D eigenvalue weighted by molar-refractivity contribution is 0.251. The lowest BCUT2D eigenvalue weighted by atomic mass is 9.89. The SMILES string of the molecule is CCc1cc(OCCN(C)C)c(F)c(C(Cc2ccc(-c3noc(C)n3)cc2)c2nn(-c3ccccc3N)c(=O)[nH]2)c1. The molecule has 11 heteroatoms. The minimum Gasteiger partial charge on any atom is -0.489 e. The summed E-state index contributed by atoms with van der Waals surface area (Å²) in [6.07, 6.45) is 1.03. The van der Waals surface area contributed by atoms with Crippen molar-refractivity contribution < 1.29 is 13.7 Å². The van der Waals surface area contributed by atoms with Gasteiger partial charge in [0, 0.05) is 24.6 Å². The van der Waals surface area contributed by atoms with Gasteiger partial charge in [0.25, 0.3) is 0 Å². The van der Waals surface area contributed by atoms with Gasteiger partial charge in [0.15, 0.2) is 11.6 Å². The summed E-state index contributed by atoms with van der Waals surface area (Å²) in [7, 11) is 3.86. The number of nitrogens with two attached hydrogens (primary N) is 1. The number of aromatic amines is 1. The number of nitrogens with zero attached hydrogens (tertiary/aromatic N) is 5. The number of halogens is 1. The van der Waals surface area contributed by atoms with Gasteiger partial charge in [-0.2, -0.15) is 9.67 Å². The molecule has 0 saturated carbocycles. The summed E-state index contributed by atoms with van der Waals surface area (Å²) in [5.74, 6) is 0.331. The van der Waals surface area contributed by atoms with Gasteiger partial charge in [-0.1, -0.05) is 54.5 Å². The summed E-state index contributed by atoms with van der Waals surface area (Å²) < 4.78 is 28.4. The van der Waals surface area contributed by atoms with Gasteiger partial charge in [0.2, 0.25) is 11.7 Å². The summed E-state index contributed by atoms with van der Waals surface area (Å²) >= 11 is 0. The fraction of sp³-hybridized carbons (Fsp3) is 0.290. The quantitative estimate of drug-likeness (QED) is 0.222. The highest BCUT2D eigenvalue weighted by atomic mass is 19.1. The molecule has 10 nitrogen and oxygen atoms in total. The van der Waals surface area contributed by atoms with E-state index in [1.807, 2.05) is 56.3 Å². The largest absolute Gasteiger partial charge is 0.489 e. The van der Waals surface area contributed by atoms with Crippen molar-refractivity contribution in [2.24, 2.45) is 0 Å². The van der Waals surface area contributed by atoms with Crippen LogP contribution in [0.5, 0.6) is 5.75 Å². The van der Waals surface area contributed by atoms with Crippen LogP contribution in [0.15, 0.2) is 70.0 Å². The van der Waals surface area contributed by atoms with Gasteiger partial charge >= 0.3 is 5.69 Å². The van der Waals surface area contributed by atoms with Crippen LogP contribution in [0.2, 0.25) is 0 Å². The van der Waals surface area contributed by atoms with Crippen molar-refractivity contribution in [2.75, 3.05) is 33.0 Å². The van der Waals surface area contributed by atoms with Crippen molar-refractivity contribution in [1.82, 2.24) is 29.8 Å². The number of likely N-dealkylation sites (N-methyl/N-ethyl adjacent to an activating group) is 1. The number of para-hydroxylation sites is 2. The molecular weight excluding hydrogens is 537 g/mol. The Morgan fingerprint density at radius 1 is 1.12 bits per heavy atom. The highest BCUT2D eigenvalue weighted by Crippen LogP contribution is 2.34. The Morgan fingerprint density at radius 2 is 1.88 bits per heavy atom. The number of benzene rings is 3. The third-order valence-corrected chi connectivity index (χ3v) is 7.02. The molecular formula is C31H34FN7O3. The minimum absolute atomic E-state index is 0.174. The average Bonchev–Trinajstić information content (AvgIpc) is 3.58. The molecule has 0 bridgehead atoms. The Kier molecular flexibility index (Phi) is 8.48. The second kappa shape index (κ2) is 12.4. The molecule has 1 atom stereocenters. The van der Waals surface area contributed by atoms with Gasteiger partial charge < -0.3 is 19.9 Å². The Labute approximate surface area is 242 Å². The third-order valence-electron chi connectivity index (χ3n) is 7.02. The number of H-pyrrole nitrogens is 1. The highest BCUT2D eigenvalue weighted by Gasteiger charge is 2.27. The van der Waals surface area contributed by atoms with E-state index >= 15 is 4.39 Å². The first kappa shape index (κ1) is 28.7. The van der Waals surface area contributed by atoms with E-state index < -0.39 is 17.4 Å². The van der Waals surface area contributed by atoms with E-state index in [4.69, 9.17) is 15.0 Å². The van der Waals surface area contributed by atoms with E-state index in [1.54, 1.807) is 37.3 Å². The number of anilines is 1. The van der Waals surface area contributed by atoms with E-state index in [-0.39, 0.29) is 5.75 Å². The summed E-state index contributed by atoms with van der Waals surface area (Å²) in [6, 6.07) is 18.1. The first-order valence-electron chi connectivity index (χ1n) is 13.8. The number of aryl methyl sites for hydroxylation is 2. The molecule has 0 amide bonds. The number of aromatic nitrogens is 5. The monoisotopic (exact) mass is 571 g/mol. The van der Waals surface area contributed by atoms with E-state index in [2.05, 4.69) is 20.2 Å². The van der Waals surface area contributed by atoms with Crippen LogP contribution in [-0.2, 0) is 12.8 Å². The van der Waals surface area contributed by atoms with Gasteiger partial charge in [0.1, 0.15) is 12.4 Å². The fourth-order valence-electron chi connectivity index (χ4n) is 4.72. The van der Waals surface area contributed by atoms with Crippen LogP contribution >= 0.6 is 0 Å². The Bertz CT molecular complexity index is 1720. The molecule has 0 spiro atoms. The van der Waals surface area contributed by atoms with Crippen LogP contribution in [-0.4, -0.2) is 57.1 Å². The van der Waals surface area contributed by atoms with Crippen LogP contribution in [0, 0.1) is 12.7 Å². The molecule has 42 heavy (non-hydrogen) atoms. The van der Waals surface area contributed by atoms with Gasteiger partial charge in [-0.3, -0.25) is 4.98 Å². The van der Waals surface area contributed by atoms with Crippen LogP contribution in [0.3, 0.4) is 0 Å². The van der Waals surface area contributed by atoms with E-state index in [9.17, 15) is 4.79 Å². The molecule has 3 aromatic carbocycles. The normalized spacial score (nSPS) is 12.1. The van der Waals surface area contributed by atoms with Crippen LogP contribution in [0.4, 0.5) is 10.1 Å². The first-order valence-corrected chi connectivity index (χ1v) is 13.8. The van der Waals surface area contributed by atoms with Gasteiger partial charge in [-0.05, 0) is 56.3 Å². The summed E-state index contributed by atoms with van der Waals surface area (Å²) in [6.45, 7) is 4.70. The number of rotatable bonds is 11. The van der Waals surface area contributed by atoms with Crippen molar-refractivity contribution in [1.29, 1.82) is 0 Å². The highest BCUT2D eigenvalue weighted by molar-refractivity contribution is 5.57. The minimum atomic E-state index is -0.634. The molecule has 0 radical (unpaired) electrons. The molecule has 5 aromatic rings. The topological polar surface area (TPSA) is 128 Å². The molecule has 0 aliphatic heterocycles. The second-order valence-electron chi connectivity index (χ2n) is 10.4. The van der Waals surface area contributed by atoms with Crippen molar-refractivity contribution in [3.05, 3.63) is 105 Å². The first-order chi connectivity index (χ1) is 20.2. The van der Waals surface area contributed by atoms with Gasteiger partial charge in [-0.15, -0.1) is 5.10 Å². The predicted octanol–water partition coefficient (Wildman–Crippen LogP) is 4.52. The van der Waals surface area contributed by atoms with Crippen molar-refractivity contribution in [3.8, 4) is 22.8 Å². The average molecular weight is 572 g/mol. The summed E-state index contributed by atoms with van der Waals surface area (Å²) in [4.78, 5) is 22.2. The predicted molar refractivity (Wildman–Crippen MR) is 158 cm³/mol. The molecule has 0 saturated heterocycles. The standard InChI is InChI=1S/C31H34FN7O3/c1-5-20-16-23(28(32)27(18-20)41-15-14-38(3)4)24(17-21-10-12-22(13-11-21)29-34-19(2)42-37-29)30-35-31(40)39(36-30)26-9-7-6-8-25(26)33/h6-13,16,18,24H,5,14-15,17,33H2,1-4H3,(H,35,36,40). The molecule has 0 aliphatic carbocycles. The lowest BCUT2D eigenvalue weighted by Gasteiger charge is -2.20. The maximum atomic E-state index is 16.2. The van der Waals surface area contributed by atoms with Crippen LogP contribution in [0.1, 0.15) is 41.2 Å². The van der Waals surface area contributed by atoms with Gasteiger partial charge in [0.05, 0.1) is 17.3 Å². The Morgan fingerprint density at radius 3 is 2.55 bits per heavy atom. The Hall–Kier alpha value is -4.77. The fourth-order valence-corrected chi connectivity index (χ4v) is 4.72.